The molecule has 0 radical (unpaired) electrons. The Balaban J connectivity index is 2.87. The molecule has 2 N–H and O–H groups in total. The molecule has 8 nitrogen and oxygen atoms in total. The van der Waals surface area contributed by atoms with Gasteiger partial charge in [0.2, 0.25) is 0 Å². The Morgan fingerprint density at radius 2 is 1.50 bits per heavy atom. The quantitative estimate of drug-likeness (QED) is 0.195. The minimum absolute atomic E-state index is 0.0407. The van der Waals surface area contributed by atoms with Crippen molar-refractivity contribution >= 4 is 23.9 Å². The predicted octanol–water partition coefficient (Wildman–Crippen LogP) is 4.47. The molecule has 0 aliphatic carbocycles. The summed E-state index contributed by atoms with van der Waals surface area (Å²) in [6, 6.07) is 2.00. The Morgan fingerprint density at radius 1 is 0.900 bits per heavy atom. The van der Waals surface area contributed by atoms with Gasteiger partial charge >= 0.3 is 23.9 Å². The highest BCUT2D eigenvalue weighted by Crippen LogP contribution is 2.28. The zero-order valence-corrected chi connectivity index (χ0v) is 17.1. The van der Waals surface area contributed by atoms with E-state index in [0.29, 0.717) is 6.42 Å². The molecular weight excluding hydrogens is 392 g/mol. The van der Waals surface area contributed by atoms with Crippen molar-refractivity contribution in [1.29, 1.82) is 0 Å². The summed E-state index contributed by atoms with van der Waals surface area (Å²) in [5, 5.41) is 18.7. The number of benzene rings is 1. The molecule has 0 aliphatic heterocycles. The molecule has 0 saturated carbocycles. The van der Waals surface area contributed by atoms with Gasteiger partial charge in [0.1, 0.15) is 11.3 Å². The minimum atomic E-state index is -1.65. The Bertz CT molecular complexity index is 782. The van der Waals surface area contributed by atoms with Gasteiger partial charge in [-0.25, -0.2) is 19.2 Å². The molecule has 0 unspecified atom stereocenters. The number of rotatable bonds is 14. The Kier molecular flexibility index (Phi) is 10.9. The van der Waals surface area contributed by atoms with E-state index in [4.69, 9.17) is 9.47 Å². The summed E-state index contributed by atoms with van der Waals surface area (Å²) in [5.74, 6) is -5.57. The highest BCUT2D eigenvalue weighted by Gasteiger charge is 2.29. The number of esters is 2. The summed E-state index contributed by atoms with van der Waals surface area (Å²) >= 11 is 0. The molecule has 1 aromatic carbocycles. The van der Waals surface area contributed by atoms with Crippen LogP contribution in [0.15, 0.2) is 24.8 Å². The number of carbonyl (C=O) groups excluding carboxylic acids is 2. The van der Waals surface area contributed by atoms with Crippen LogP contribution in [0.1, 0.15) is 89.4 Å². The van der Waals surface area contributed by atoms with Crippen LogP contribution in [0.25, 0.3) is 0 Å². The van der Waals surface area contributed by atoms with E-state index in [1.807, 2.05) is 0 Å². The van der Waals surface area contributed by atoms with Gasteiger partial charge < -0.3 is 19.7 Å². The van der Waals surface area contributed by atoms with Gasteiger partial charge in [-0.05, 0) is 18.6 Å². The highest BCUT2D eigenvalue weighted by molar-refractivity contribution is 6.11. The average Bonchev–Trinajstić information content (AvgIpc) is 2.71. The maximum Gasteiger partial charge on any atom is 0.342 e. The fraction of sp³-hybridized carbons (Fsp3) is 0.455. The normalized spacial score (nSPS) is 10.3. The number of hydrogen-bond acceptors (Lipinski definition) is 6. The first-order valence-corrected chi connectivity index (χ1v) is 9.98. The maximum absolute atomic E-state index is 12.5. The molecule has 8 heteroatoms. The van der Waals surface area contributed by atoms with Crippen LogP contribution in [0.3, 0.4) is 0 Å². The van der Waals surface area contributed by atoms with Crippen LogP contribution >= 0.6 is 0 Å². The number of hydrogen-bond donors (Lipinski definition) is 2. The van der Waals surface area contributed by atoms with Crippen molar-refractivity contribution in [3.8, 4) is 5.75 Å². The Hall–Kier alpha value is -3.16. The van der Waals surface area contributed by atoms with Crippen molar-refractivity contribution in [1.82, 2.24) is 0 Å². The molecule has 0 atom stereocenters. The third-order valence-corrected chi connectivity index (χ3v) is 4.42. The smallest absolute Gasteiger partial charge is 0.342 e. The molecule has 30 heavy (non-hydrogen) atoms. The van der Waals surface area contributed by atoms with Crippen LogP contribution in [0.2, 0.25) is 0 Å². The summed E-state index contributed by atoms with van der Waals surface area (Å²) < 4.78 is 10.1. The lowest BCUT2D eigenvalue weighted by atomic mass is 9.99. The summed E-state index contributed by atoms with van der Waals surface area (Å²) in [5.41, 5.74) is -2.02. The van der Waals surface area contributed by atoms with E-state index in [9.17, 15) is 29.4 Å². The number of unbranched alkanes of at least 4 members (excludes halogenated alkanes) is 7. The molecule has 0 spiro atoms. The van der Waals surface area contributed by atoms with Crippen LogP contribution in [-0.2, 0) is 9.53 Å². The number of carboxylic acids is 2. The third kappa shape index (κ3) is 7.69. The van der Waals surface area contributed by atoms with E-state index in [2.05, 4.69) is 13.5 Å². The predicted molar refractivity (Wildman–Crippen MR) is 109 cm³/mol. The largest absolute Gasteiger partial charge is 0.478 e. The van der Waals surface area contributed by atoms with E-state index in [1.54, 1.807) is 0 Å². The second-order valence-electron chi connectivity index (χ2n) is 6.71. The fourth-order valence-electron chi connectivity index (χ4n) is 2.89. The third-order valence-electron chi connectivity index (χ3n) is 4.42. The van der Waals surface area contributed by atoms with E-state index >= 15 is 0 Å². The molecule has 164 valence electrons. The summed E-state index contributed by atoms with van der Waals surface area (Å²) in [4.78, 5) is 47.1. The van der Waals surface area contributed by atoms with Gasteiger partial charge in [0, 0.05) is 6.08 Å². The van der Waals surface area contributed by atoms with Gasteiger partial charge in [-0.2, -0.15) is 0 Å². The van der Waals surface area contributed by atoms with Crippen LogP contribution in [-0.4, -0.2) is 40.7 Å². The van der Waals surface area contributed by atoms with Gasteiger partial charge in [0.05, 0.1) is 17.7 Å². The summed E-state index contributed by atoms with van der Waals surface area (Å²) in [6.45, 7) is 5.43. The van der Waals surface area contributed by atoms with Crippen molar-refractivity contribution in [3.63, 3.8) is 0 Å². The molecule has 0 saturated heterocycles. The van der Waals surface area contributed by atoms with Gasteiger partial charge in [-0.3, -0.25) is 0 Å². The van der Waals surface area contributed by atoms with Crippen LogP contribution in [0.5, 0.6) is 5.75 Å². The second kappa shape index (κ2) is 13.1. The molecule has 0 fully saturated rings. The van der Waals surface area contributed by atoms with Crippen molar-refractivity contribution in [3.05, 3.63) is 41.5 Å². The zero-order valence-electron chi connectivity index (χ0n) is 17.1. The summed E-state index contributed by atoms with van der Waals surface area (Å²) in [6.07, 6.45) is 9.13. The van der Waals surface area contributed by atoms with E-state index in [1.165, 1.54) is 19.3 Å². The van der Waals surface area contributed by atoms with Crippen LogP contribution in [0.4, 0.5) is 0 Å². The average molecular weight is 420 g/mol. The van der Waals surface area contributed by atoms with Crippen LogP contribution in [0, 0.1) is 0 Å². The second-order valence-corrected chi connectivity index (χ2v) is 6.71. The zero-order chi connectivity index (χ0) is 22.5. The van der Waals surface area contributed by atoms with Crippen molar-refractivity contribution in [2.24, 2.45) is 0 Å². The topological polar surface area (TPSA) is 127 Å². The molecule has 0 aromatic heterocycles. The molecule has 0 amide bonds. The highest BCUT2D eigenvalue weighted by atomic mass is 16.5. The molecular formula is C22H28O8. The van der Waals surface area contributed by atoms with Gasteiger partial charge in [-0.1, -0.05) is 58.4 Å². The first-order valence-electron chi connectivity index (χ1n) is 9.98. The Labute approximate surface area is 175 Å². The van der Waals surface area contributed by atoms with E-state index in [0.717, 1.165) is 43.9 Å². The first-order chi connectivity index (χ1) is 14.3. The van der Waals surface area contributed by atoms with Gasteiger partial charge in [0.25, 0.3) is 0 Å². The van der Waals surface area contributed by atoms with Crippen LogP contribution < -0.4 is 4.74 Å². The first kappa shape index (κ1) is 24.9. The van der Waals surface area contributed by atoms with E-state index in [-0.39, 0.29) is 6.61 Å². The molecule has 0 aliphatic rings. The lowest BCUT2D eigenvalue weighted by Gasteiger charge is -2.13. The summed E-state index contributed by atoms with van der Waals surface area (Å²) in [7, 11) is 0. The standard InChI is InChI=1S/C22H28O8/c1-3-5-6-7-8-9-10-11-14-29-22(28)19-16(30-17(23)4-2)13-12-15(20(24)25)18(19)21(26)27/h4,12-13H,2-3,5-11,14H2,1H3,(H,24,25)(H,26,27). The molecule has 1 aromatic rings. The number of carboxylic acid groups (broad SMARTS) is 2. The maximum atomic E-state index is 12.5. The number of carbonyl (C=O) groups is 4. The lowest BCUT2D eigenvalue weighted by molar-refractivity contribution is -0.129. The van der Waals surface area contributed by atoms with Crippen molar-refractivity contribution in [2.75, 3.05) is 6.61 Å². The van der Waals surface area contributed by atoms with Gasteiger partial charge in [0.15, 0.2) is 0 Å². The van der Waals surface area contributed by atoms with Gasteiger partial charge in [-0.15, -0.1) is 0 Å². The molecule has 1 rings (SSSR count). The number of ether oxygens (including phenoxy) is 2. The fourth-order valence-corrected chi connectivity index (χ4v) is 2.89. The number of aromatic carboxylic acids is 2. The lowest BCUT2D eigenvalue weighted by Crippen LogP contribution is -2.19. The monoisotopic (exact) mass is 420 g/mol. The van der Waals surface area contributed by atoms with E-state index < -0.39 is 46.3 Å². The van der Waals surface area contributed by atoms with Crippen molar-refractivity contribution < 1.29 is 38.9 Å². The Morgan fingerprint density at radius 3 is 2.03 bits per heavy atom. The van der Waals surface area contributed by atoms with Crippen molar-refractivity contribution in [2.45, 2.75) is 58.3 Å². The molecule has 0 heterocycles. The SMILES string of the molecule is C=CC(=O)Oc1ccc(C(=O)O)c(C(=O)O)c1C(=O)OCCCCCCCCCC. The minimum Gasteiger partial charge on any atom is -0.478 e. The molecule has 0 bridgehead atoms.